The molecule has 0 spiro atoms. The summed E-state index contributed by atoms with van der Waals surface area (Å²) >= 11 is 0. The molecule has 1 amide bonds. The molecule has 1 heterocycles. The van der Waals surface area contributed by atoms with Gasteiger partial charge < -0.3 is 14.8 Å². The third-order valence-electron chi connectivity index (χ3n) is 2.66. The van der Waals surface area contributed by atoms with E-state index in [4.69, 9.17) is 4.42 Å². The molecular weight excluding hydrogens is 230 g/mol. The fourth-order valence-corrected chi connectivity index (χ4v) is 1.72. The van der Waals surface area contributed by atoms with Crippen LogP contribution in [0, 0.1) is 0 Å². The third-order valence-corrected chi connectivity index (χ3v) is 2.66. The van der Waals surface area contributed by atoms with E-state index in [1.807, 2.05) is 30.3 Å². The summed E-state index contributed by atoms with van der Waals surface area (Å²) in [4.78, 5) is 11.8. The van der Waals surface area contributed by atoms with Crippen LogP contribution >= 0.6 is 0 Å². The van der Waals surface area contributed by atoms with Crippen LogP contribution in [0.3, 0.4) is 0 Å². The van der Waals surface area contributed by atoms with Gasteiger partial charge in [-0.3, -0.25) is 4.79 Å². The molecule has 94 valence electrons. The minimum atomic E-state index is -0.296. The van der Waals surface area contributed by atoms with Crippen LogP contribution in [0.4, 0.5) is 0 Å². The Bertz CT molecular complexity index is 479. The number of furan rings is 1. The van der Waals surface area contributed by atoms with E-state index in [0.29, 0.717) is 12.0 Å². The van der Waals surface area contributed by atoms with Crippen molar-refractivity contribution in [2.24, 2.45) is 0 Å². The first-order valence-corrected chi connectivity index (χ1v) is 5.77. The SMILES string of the molecule is O=C(NC(CO)Cc1ccccc1)c1ccoc1. The maximum Gasteiger partial charge on any atom is 0.254 e. The van der Waals surface area contributed by atoms with E-state index in [1.165, 1.54) is 12.5 Å². The van der Waals surface area contributed by atoms with Gasteiger partial charge in [0.15, 0.2) is 0 Å². The van der Waals surface area contributed by atoms with E-state index in [9.17, 15) is 9.90 Å². The fraction of sp³-hybridized carbons (Fsp3) is 0.214. The van der Waals surface area contributed by atoms with Crippen molar-refractivity contribution in [2.75, 3.05) is 6.61 Å². The van der Waals surface area contributed by atoms with Gasteiger partial charge in [-0.2, -0.15) is 0 Å². The Morgan fingerprint density at radius 3 is 2.67 bits per heavy atom. The predicted molar refractivity (Wildman–Crippen MR) is 67.2 cm³/mol. The van der Waals surface area contributed by atoms with E-state index < -0.39 is 0 Å². The van der Waals surface area contributed by atoms with Crippen molar-refractivity contribution in [1.82, 2.24) is 5.32 Å². The summed E-state index contributed by atoms with van der Waals surface area (Å²) in [6.07, 6.45) is 3.42. The topological polar surface area (TPSA) is 62.5 Å². The predicted octanol–water partition coefficient (Wildman–Crippen LogP) is 1.61. The number of benzene rings is 1. The number of hydrogen-bond acceptors (Lipinski definition) is 3. The zero-order chi connectivity index (χ0) is 12.8. The molecule has 4 nitrogen and oxygen atoms in total. The van der Waals surface area contributed by atoms with E-state index in [1.54, 1.807) is 6.07 Å². The average Bonchev–Trinajstić information content (AvgIpc) is 2.93. The molecule has 2 aromatic rings. The quantitative estimate of drug-likeness (QED) is 0.841. The monoisotopic (exact) mass is 245 g/mol. The summed E-state index contributed by atoms with van der Waals surface area (Å²) < 4.78 is 4.85. The maximum absolute atomic E-state index is 11.8. The standard InChI is InChI=1S/C14H15NO3/c16-9-13(8-11-4-2-1-3-5-11)15-14(17)12-6-7-18-10-12/h1-7,10,13,16H,8-9H2,(H,15,17). The van der Waals surface area contributed by atoms with Crippen LogP contribution in [0.2, 0.25) is 0 Å². The van der Waals surface area contributed by atoms with Crippen molar-refractivity contribution in [2.45, 2.75) is 12.5 Å². The van der Waals surface area contributed by atoms with Crippen molar-refractivity contribution in [3.05, 3.63) is 60.1 Å². The van der Waals surface area contributed by atoms with Crippen LogP contribution < -0.4 is 5.32 Å². The van der Waals surface area contributed by atoms with Gasteiger partial charge in [-0.1, -0.05) is 30.3 Å². The fourth-order valence-electron chi connectivity index (χ4n) is 1.72. The first-order valence-electron chi connectivity index (χ1n) is 5.77. The van der Waals surface area contributed by atoms with E-state index in [2.05, 4.69) is 5.32 Å². The lowest BCUT2D eigenvalue weighted by atomic mass is 10.1. The Morgan fingerprint density at radius 2 is 2.06 bits per heavy atom. The Balaban J connectivity index is 1.96. The summed E-state index contributed by atoms with van der Waals surface area (Å²) in [7, 11) is 0. The van der Waals surface area contributed by atoms with Crippen LogP contribution in [0.5, 0.6) is 0 Å². The van der Waals surface area contributed by atoms with Gasteiger partial charge in [0.1, 0.15) is 6.26 Å². The highest BCUT2D eigenvalue weighted by atomic mass is 16.3. The Morgan fingerprint density at radius 1 is 1.28 bits per heavy atom. The number of hydrogen-bond donors (Lipinski definition) is 2. The molecule has 2 rings (SSSR count). The number of aliphatic hydroxyl groups is 1. The number of carbonyl (C=O) groups excluding carboxylic acids is 1. The lowest BCUT2D eigenvalue weighted by Gasteiger charge is -2.15. The smallest absolute Gasteiger partial charge is 0.254 e. The van der Waals surface area contributed by atoms with E-state index in [0.717, 1.165) is 5.56 Å². The van der Waals surface area contributed by atoms with Gasteiger partial charge in [-0.05, 0) is 18.1 Å². The summed E-state index contributed by atoms with van der Waals surface area (Å²) in [6, 6.07) is 11.0. The van der Waals surface area contributed by atoms with Crippen LogP contribution in [0.25, 0.3) is 0 Å². The van der Waals surface area contributed by atoms with Gasteiger partial charge in [0, 0.05) is 0 Å². The molecule has 1 aromatic heterocycles. The van der Waals surface area contributed by atoms with Gasteiger partial charge in [0.05, 0.1) is 24.5 Å². The summed E-state index contributed by atoms with van der Waals surface area (Å²) in [5, 5.41) is 12.1. The Kier molecular flexibility index (Phi) is 4.15. The van der Waals surface area contributed by atoms with E-state index >= 15 is 0 Å². The highest BCUT2D eigenvalue weighted by Gasteiger charge is 2.14. The Hall–Kier alpha value is -2.07. The second-order valence-corrected chi connectivity index (χ2v) is 4.05. The molecule has 0 aliphatic rings. The van der Waals surface area contributed by atoms with Gasteiger partial charge in [-0.15, -0.1) is 0 Å². The largest absolute Gasteiger partial charge is 0.472 e. The van der Waals surface area contributed by atoms with Gasteiger partial charge in [0.25, 0.3) is 5.91 Å². The second-order valence-electron chi connectivity index (χ2n) is 4.05. The molecule has 1 aromatic carbocycles. The van der Waals surface area contributed by atoms with Crippen molar-refractivity contribution in [3.8, 4) is 0 Å². The van der Waals surface area contributed by atoms with Crippen molar-refractivity contribution in [1.29, 1.82) is 0 Å². The van der Waals surface area contributed by atoms with Gasteiger partial charge in [-0.25, -0.2) is 0 Å². The molecule has 1 atom stereocenters. The molecular formula is C14H15NO3. The number of carbonyl (C=O) groups is 1. The van der Waals surface area contributed by atoms with Crippen molar-refractivity contribution >= 4 is 5.91 Å². The number of nitrogens with one attached hydrogen (secondary N) is 1. The molecule has 0 fully saturated rings. The zero-order valence-corrected chi connectivity index (χ0v) is 9.87. The van der Waals surface area contributed by atoms with Gasteiger partial charge in [0.2, 0.25) is 0 Å². The summed E-state index contributed by atoms with van der Waals surface area (Å²) in [6.45, 7) is -0.0987. The Labute approximate surface area is 105 Å². The number of aliphatic hydroxyl groups excluding tert-OH is 1. The molecule has 4 heteroatoms. The molecule has 0 aliphatic carbocycles. The molecule has 0 saturated carbocycles. The zero-order valence-electron chi connectivity index (χ0n) is 9.87. The van der Waals surface area contributed by atoms with Crippen molar-refractivity contribution < 1.29 is 14.3 Å². The molecule has 18 heavy (non-hydrogen) atoms. The molecule has 2 N–H and O–H groups in total. The molecule has 1 unspecified atom stereocenters. The molecule has 0 radical (unpaired) electrons. The van der Waals surface area contributed by atoms with Crippen LogP contribution in [-0.2, 0) is 6.42 Å². The van der Waals surface area contributed by atoms with Crippen LogP contribution in [0.1, 0.15) is 15.9 Å². The van der Waals surface area contributed by atoms with Gasteiger partial charge >= 0.3 is 0 Å². The molecule has 0 bridgehead atoms. The molecule has 0 saturated heterocycles. The lowest BCUT2D eigenvalue weighted by Crippen LogP contribution is -2.38. The average molecular weight is 245 g/mol. The first-order chi connectivity index (χ1) is 8.79. The lowest BCUT2D eigenvalue weighted by molar-refractivity contribution is 0.0916. The van der Waals surface area contributed by atoms with Crippen LogP contribution in [0.15, 0.2) is 53.3 Å². The highest BCUT2D eigenvalue weighted by Crippen LogP contribution is 2.05. The molecule has 0 aliphatic heterocycles. The van der Waals surface area contributed by atoms with Crippen LogP contribution in [-0.4, -0.2) is 23.7 Å². The van der Waals surface area contributed by atoms with E-state index in [-0.39, 0.29) is 18.6 Å². The van der Waals surface area contributed by atoms with Crippen molar-refractivity contribution in [3.63, 3.8) is 0 Å². The normalized spacial score (nSPS) is 12.1. The minimum Gasteiger partial charge on any atom is -0.472 e. The third kappa shape index (κ3) is 3.21. The second kappa shape index (κ2) is 6.02. The highest BCUT2D eigenvalue weighted by molar-refractivity contribution is 5.93. The number of amides is 1. The summed E-state index contributed by atoms with van der Waals surface area (Å²) in [5.74, 6) is -0.237. The first kappa shape index (κ1) is 12.4. The summed E-state index contributed by atoms with van der Waals surface area (Å²) in [5.41, 5.74) is 1.53. The minimum absolute atomic E-state index is 0.0987. The maximum atomic E-state index is 11.8. The number of rotatable bonds is 5.